The van der Waals surface area contributed by atoms with Crippen molar-refractivity contribution in [2.24, 2.45) is 0 Å². The van der Waals surface area contributed by atoms with Crippen LogP contribution in [0.3, 0.4) is 0 Å². The normalized spacial score (nSPS) is 14.4. The van der Waals surface area contributed by atoms with Crippen molar-refractivity contribution >= 4 is 23.7 Å². The van der Waals surface area contributed by atoms with Gasteiger partial charge in [0.1, 0.15) is 11.5 Å². The van der Waals surface area contributed by atoms with Crippen molar-refractivity contribution in [3.8, 4) is 22.6 Å². The Kier molecular flexibility index (Phi) is 12.4. The predicted molar refractivity (Wildman–Crippen MR) is 163 cm³/mol. The van der Waals surface area contributed by atoms with Crippen molar-refractivity contribution in [3.05, 3.63) is 104 Å². The summed E-state index contributed by atoms with van der Waals surface area (Å²) in [6.07, 6.45) is 0. The molecule has 0 atom stereocenters. The Bertz CT molecular complexity index is 1770. The van der Waals surface area contributed by atoms with E-state index in [1.807, 2.05) is 9.80 Å². The predicted octanol–water partition coefficient (Wildman–Crippen LogP) is -0.559. The molecule has 2 saturated heterocycles. The number of nitrogens with zero attached hydrogens (tertiary/aromatic N) is 2. The Morgan fingerprint density at radius 3 is 1.54 bits per heavy atom. The Hall–Kier alpha value is -4.20. The molecule has 2 fully saturated rings. The molecule has 12 nitrogen and oxygen atoms in total. The molecule has 13 heteroatoms. The second-order valence-corrected chi connectivity index (χ2v) is 10.1. The van der Waals surface area contributed by atoms with E-state index in [1.54, 1.807) is 36.4 Å². The number of anilines is 2. The van der Waals surface area contributed by atoms with Crippen molar-refractivity contribution in [2.45, 2.75) is 0 Å². The molecule has 234 valence electrons. The number of ether oxygens (including phenoxy) is 3. The number of benzene rings is 2. The summed E-state index contributed by atoms with van der Waals surface area (Å²) in [5, 5.41) is 10.9. The molecular weight excluding hydrogens is 607 g/mol. The van der Waals surface area contributed by atoms with Gasteiger partial charge in [-0.2, -0.15) is 0 Å². The minimum absolute atomic E-state index is 0. The smallest absolute Gasteiger partial charge is 0.545 e. The number of esters is 1. The molecule has 2 aromatic carbocycles. The number of rotatable bonds is 6. The van der Waals surface area contributed by atoms with Gasteiger partial charge in [0.25, 0.3) is 0 Å². The first-order valence-corrected chi connectivity index (χ1v) is 14.3. The first-order valence-electron chi connectivity index (χ1n) is 14.3. The van der Waals surface area contributed by atoms with Crippen LogP contribution in [0.5, 0.6) is 0 Å². The number of carbonyl (C=O) groups excluding carboxylic acids is 2. The van der Waals surface area contributed by atoms with Crippen molar-refractivity contribution in [1.29, 1.82) is 0 Å². The minimum atomic E-state index is -1.27. The monoisotopic (exact) mass is 638 g/mol. The van der Waals surface area contributed by atoms with E-state index in [-0.39, 0.29) is 46.0 Å². The average molecular weight is 639 g/mol. The van der Waals surface area contributed by atoms with Gasteiger partial charge in [-0.3, -0.25) is 9.59 Å². The van der Waals surface area contributed by atoms with E-state index in [1.165, 1.54) is 43.5 Å². The Labute approximate surface area is 286 Å². The number of carboxylic acid groups (broad SMARTS) is 1. The van der Waals surface area contributed by atoms with E-state index in [2.05, 4.69) is 0 Å². The van der Waals surface area contributed by atoms with Gasteiger partial charge >= 0.3 is 35.5 Å². The summed E-state index contributed by atoms with van der Waals surface area (Å²) in [5.74, 6) is 0.0258. The van der Waals surface area contributed by atoms with Gasteiger partial charge in [0.05, 0.1) is 45.1 Å². The summed E-state index contributed by atoms with van der Waals surface area (Å²) in [7, 11) is 1.33. The third kappa shape index (κ3) is 8.95. The van der Waals surface area contributed by atoms with E-state index in [9.17, 15) is 24.3 Å². The van der Waals surface area contributed by atoms with Gasteiger partial charge in [0.2, 0.25) is 0 Å². The van der Waals surface area contributed by atoms with Crippen LogP contribution in [0, 0.1) is 0 Å². The van der Waals surface area contributed by atoms with Crippen LogP contribution in [-0.4, -0.2) is 71.7 Å². The third-order valence-corrected chi connectivity index (χ3v) is 7.10. The summed E-state index contributed by atoms with van der Waals surface area (Å²) in [6.45, 7) is 5.00. The second-order valence-electron chi connectivity index (χ2n) is 10.1. The summed E-state index contributed by atoms with van der Waals surface area (Å²) in [6, 6.07) is 18.6. The van der Waals surface area contributed by atoms with Gasteiger partial charge in [-0.25, -0.2) is 4.79 Å². The summed E-state index contributed by atoms with van der Waals surface area (Å²) in [4.78, 5) is 50.4. The standard InChI is InChI=1S/C17H17NO5.C16H15NO5.Na/c1-21-17(20)13-4-2-3-12(9-13)15-10-14(19)11-16(23-15)18-5-7-22-8-6-18;18-13-9-14(11-2-1-3-12(8-11)16(19)20)22-15(10-13)17-4-6-21-7-5-17;/h2-4,9-11H,5-8H2,1H3;1-3,8-10H,4-7H2,(H,19,20);/q;;+1/p-1. The zero-order valence-corrected chi connectivity index (χ0v) is 27.6. The van der Waals surface area contributed by atoms with E-state index < -0.39 is 11.9 Å². The van der Waals surface area contributed by atoms with Crippen molar-refractivity contribution < 1.29 is 67.3 Å². The zero-order valence-electron chi connectivity index (χ0n) is 25.6. The number of hydrogen-bond donors (Lipinski definition) is 0. The quantitative estimate of drug-likeness (QED) is 0.197. The van der Waals surface area contributed by atoms with E-state index in [0.29, 0.717) is 92.6 Å². The third-order valence-electron chi connectivity index (χ3n) is 7.10. The summed E-state index contributed by atoms with van der Waals surface area (Å²) in [5.41, 5.74) is 1.29. The van der Waals surface area contributed by atoms with Crippen molar-refractivity contribution in [2.75, 3.05) is 69.5 Å². The fourth-order valence-corrected chi connectivity index (χ4v) is 4.81. The largest absolute Gasteiger partial charge is 1.00 e. The molecule has 0 bridgehead atoms. The molecular formula is C33H31N2NaO10. The molecule has 0 radical (unpaired) electrons. The zero-order chi connectivity index (χ0) is 31.8. The van der Waals surface area contributed by atoms with Gasteiger partial charge in [-0.15, -0.1) is 0 Å². The average Bonchev–Trinajstić information content (AvgIpc) is 3.08. The van der Waals surface area contributed by atoms with Gasteiger partial charge in [0.15, 0.2) is 22.6 Å². The van der Waals surface area contributed by atoms with Crippen LogP contribution in [0.25, 0.3) is 22.6 Å². The molecule has 0 amide bonds. The molecule has 0 aliphatic carbocycles. The van der Waals surface area contributed by atoms with Crippen LogP contribution in [-0.2, 0) is 14.2 Å². The van der Waals surface area contributed by atoms with E-state index >= 15 is 0 Å². The molecule has 0 N–H and O–H groups in total. The minimum Gasteiger partial charge on any atom is -0.545 e. The SMILES string of the molecule is COC(=O)c1cccc(-c2cc(=O)cc(N3CCOCC3)o2)c1.O=C([O-])c1cccc(-c2cc(=O)cc(N3CCOCC3)o2)c1.[Na+]. The van der Waals surface area contributed by atoms with Crippen LogP contribution in [0.1, 0.15) is 20.7 Å². The Morgan fingerprint density at radius 1 is 0.674 bits per heavy atom. The first kappa shape index (κ1) is 34.7. The van der Waals surface area contributed by atoms with Crippen LogP contribution >= 0.6 is 0 Å². The van der Waals surface area contributed by atoms with Gasteiger partial charge < -0.3 is 42.7 Å². The summed E-state index contributed by atoms with van der Waals surface area (Å²) >= 11 is 0. The van der Waals surface area contributed by atoms with Gasteiger partial charge in [-0.05, 0) is 23.8 Å². The first-order chi connectivity index (χ1) is 21.8. The van der Waals surface area contributed by atoms with Crippen molar-refractivity contribution in [3.63, 3.8) is 0 Å². The Morgan fingerprint density at radius 2 is 1.11 bits per heavy atom. The maximum atomic E-state index is 12.0. The molecule has 0 spiro atoms. The van der Waals surface area contributed by atoms with Crippen molar-refractivity contribution in [1.82, 2.24) is 0 Å². The molecule has 0 saturated carbocycles. The number of aromatic carboxylic acids is 1. The van der Waals surface area contributed by atoms with Gasteiger partial charge in [-0.1, -0.05) is 30.3 Å². The van der Waals surface area contributed by atoms with E-state index in [0.717, 1.165) is 0 Å². The molecule has 2 aromatic heterocycles. The number of carboxylic acids is 1. The topological polar surface area (TPSA) is 152 Å². The fourth-order valence-electron chi connectivity index (χ4n) is 4.81. The maximum absolute atomic E-state index is 12.0. The molecule has 0 unspecified atom stereocenters. The molecule has 4 aromatic rings. The second kappa shape index (κ2) is 16.4. The van der Waals surface area contributed by atoms with Crippen LogP contribution in [0.15, 0.2) is 91.2 Å². The molecule has 4 heterocycles. The maximum Gasteiger partial charge on any atom is 1.00 e. The number of hydrogen-bond acceptors (Lipinski definition) is 12. The van der Waals surface area contributed by atoms with Crippen LogP contribution < -0.4 is 55.3 Å². The van der Waals surface area contributed by atoms with E-state index in [4.69, 9.17) is 23.0 Å². The number of morpholine rings is 2. The summed E-state index contributed by atoms with van der Waals surface area (Å²) < 4.78 is 26.9. The van der Waals surface area contributed by atoms with Crippen LogP contribution in [0.2, 0.25) is 0 Å². The molecule has 2 aliphatic rings. The van der Waals surface area contributed by atoms with Crippen LogP contribution in [0.4, 0.5) is 11.8 Å². The number of methoxy groups -OCH3 is 1. The molecule has 2 aliphatic heterocycles. The fraction of sp³-hybridized carbons (Fsp3) is 0.273. The molecule has 46 heavy (non-hydrogen) atoms. The van der Waals surface area contributed by atoms with Gasteiger partial charge in [0, 0.05) is 61.6 Å². The molecule has 6 rings (SSSR count). The number of carbonyl (C=O) groups is 2. The Balaban J connectivity index is 0.000000205.